The number of hydrogen-bond acceptors (Lipinski definition) is 5. The number of rotatable bonds is 7. The number of amides is 2. The van der Waals surface area contributed by atoms with Gasteiger partial charge in [-0.2, -0.15) is 0 Å². The van der Waals surface area contributed by atoms with Gasteiger partial charge < -0.3 is 24.4 Å². The molecule has 1 aliphatic rings. The van der Waals surface area contributed by atoms with Crippen LogP contribution in [0.3, 0.4) is 0 Å². The van der Waals surface area contributed by atoms with E-state index in [0.717, 1.165) is 16.9 Å². The lowest BCUT2D eigenvalue weighted by atomic mass is 10.0. The molecule has 0 radical (unpaired) electrons. The Balaban J connectivity index is 1.49. The molecule has 0 bridgehead atoms. The van der Waals surface area contributed by atoms with E-state index in [2.05, 4.69) is 5.32 Å². The summed E-state index contributed by atoms with van der Waals surface area (Å²) in [6, 6.07) is 10.9. The van der Waals surface area contributed by atoms with Gasteiger partial charge in [0, 0.05) is 30.8 Å². The molecule has 166 valence electrons. The van der Waals surface area contributed by atoms with Crippen LogP contribution in [0, 0.1) is 13.8 Å². The SMILES string of the molecule is COc1cc(OC)cc(C(=O)NC2CCN(C(=O)COc3cccc(C)c3C)CC2)c1. The molecule has 0 atom stereocenters. The summed E-state index contributed by atoms with van der Waals surface area (Å²) < 4.78 is 16.2. The molecule has 31 heavy (non-hydrogen) atoms. The molecule has 0 spiro atoms. The van der Waals surface area contributed by atoms with Crippen LogP contribution in [0.1, 0.15) is 34.3 Å². The van der Waals surface area contributed by atoms with E-state index in [4.69, 9.17) is 14.2 Å². The third-order valence-corrected chi connectivity index (χ3v) is 5.70. The standard InChI is InChI=1S/C24H30N2O5/c1-16-6-5-7-22(17(16)2)31-15-23(27)26-10-8-19(9-11-26)25-24(28)18-12-20(29-3)14-21(13-18)30-4/h5-7,12-14,19H,8-11,15H2,1-4H3,(H,25,28). The molecule has 1 saturated heterocycles. The summed E-state index contributed by atoms with van der Waals surface area (Å²) in [7, 11) is 3.10. The van der Waals surface area contributed by atoms with E-state index in [1.807, 2.05) is 32.0 Å². The van der Waals surface area contributed by atoms with Crippen molar-refractivity contribution in [1.82, 2.24) is 10.2 Å². The zero-order chi connectivity index (χ0) is 22.4. The van der Waals surface area contributed by atoms with Crippen LogP contribution in [-0.4, -0.2) is 56.7 Å². The summed E-state index contributed by atoms with van der Waals surface area (Å²) in [6.07, 6.45) is 1.39. The number of nitrogens with zero attached hydrogens (tertiary/aromatic N) is 1. The van der Waals surface area contributed by atoms with Crippen molar-refractivity contribution in [1.29, 1.82) is 0 Å². The molecule has 2 amide bonds. The van der Waals surface area contributed by atoms with Gasteiger partial charge in [-0.3, -0.25) is 9.59 Å². The molecule has 7 heteroatoms. The molecule has 3 rings (SSSR count). The van der Waals surface area contributed by atoms with Crippen molar-refractivity contribution in [3.63, 3.8) is 0 Å². The molecule has 1 aliphatic heterocycles. The zero-order valence-corrected chi connectivity index (χ0v) is 18.6. The first-order valence-corrected chi connectivity index (χ1v) is 10.4. The maximum atomic E-state index is 12.7. The number of carbonyl (C=O) groups excluding carboxylic acids is 2. The number of benzene rings is 2. The minimum absolute atomic E-state index is 0.00804. The number of likely N-dealkylation sites (tertiary alicyclic amines) is 1. The summed E-state index contributed by atoms with van der Waals surface area (Å²) in [5.74, 6) is 1.65. The van der Waals surface area contributed by atoms with Crippen molar-refractivity contribution >= 4 is 11.8 Å². The Hall–Kier alpha value is -3.22. The Kier molecular flexibility index (Phi) is 7.39. The monoisotopic (exact) mass is 426 g/mol. The highest BCUT2D eigenvalue weighted by molar-refractivity contribution is 5.95. The van der Waals surface area contributed by atoms with Gasteiger partial charge in [0.05, 0.1) is 14.2 Å². The lowest BCUT2D eigenvalue weighted by molar-refractivity contribution is -0.134. The van der Waals surface area contributed by atoms with E-state index >= 15 is 0 Å². The van der Waals surface area contributed by atoms with Crippen LogP contribution in [0.15, 0.2) is 36.4 Å². The highest BCUT2D eigenvalue weighted by atomic mass is 16.5. The van der Waals surface area contributed by atoms with Crippen LogP contribution < -0.4 is 19.5 Å². The summed E-state index contributed by atoms with van der Waals surface area (Å²) in [5.41, 5.74) is 2.66. The number of ether oxygens (including phenoxy) is 3. The number of carbonyl (C=O) groups is 2. The summed E-state index contributed by atoms with van der Waals surface area (Å²) >= 11 is 0. The maximum absolute atomic E-state index is 12.7. The summed E-state index contributed by atoms with van der Waals surface area (Å²) in [5, 5.41) is 3.05. The van der Waals surface area contributed by atoms with Gasteiger partial charge in [-0.05, 0) is 56.0 Å². The predicted octanol–water partition coefficient (Wildman–Crippen LogP) is 3.12. The predicted molar refractivity (Wildman–Crippen MR) is 118 cm³/mol. The molecular formula is C24H30N2O5. The molecule has 2 aromatic carbocycles. The molecule has 0 aromatic heterocycles. The first kappa shape index (κ1) is 22.5. The molecule has 7 nitrogen and oxygen atoms in total. The van der Waals surface area contributed by atoms with Crippen LogP contribution >= 0.6 is 0 Å². The Labute approximate surface area is 183 Å². The second-order valence-corrected chi connectivity index (χ2v) is 7.72. The molecule has 1 fully saturated rings. The number of hydrogen-bond donors (Lipinski definition) is 1. The fraction of sp³-hybridized carbons (Fsp3) is 0.417. The van der Waals surface area contributed by atoms with E-state index in [1.165, 1.54) is 0 Å². The second-order valence-electron chi connectivity index (χ2n) is 7.72. The fourth-order valence-electron chi connectivity index (χ4n) is 3.59. The number of piperidine rings is 1. The lowest BCUT2D eigenvalue weighted by Crippen LogP contribution is -2.47. The summed E-state index contributed by atoms with van der Waals surface area (Å²) in [6.45, 7) is 5.19. The normalized spacial score (nSPS) is 14.1. The smallest absolute Gasteiger partial charge is 0.260 e. The zero-order valence-electron chi connectivity index (χ0n) is 18.6. The van der Waals surface area contributed by atoms with Crippen molar-refractivity contribution in [3.8, 4) is 17.2 Å². The van der Waals surface area contributed by atoms with E-state index in [0.29, 0.717) is 43.0 Å². The van der Waals surface area contributed by atoms with Crippen LogP contribution in [0.5, 0.6) is 17.2 Å². The Morgan fingerprint density at radius 2 is 1.68 bits per heavy atom. The van der Waals surface area contributed by atoms with Crippen molar-refractivity contribution in [2.24, 2.45) is 0 Å². The lowest BCUT2D eigenvalue weighted by Gasteiger charge is -2.32. The topological polar surface area (TPSA) is 77.1 Å². The summed E-state index contributed by atoms with van der Waals surface area (Å²) in [4.78, 5) is 27.0. The minimum atomic E-state index is -0.180. The average molecular weight is 427 g/mol. The van der Waals surface area contributed by atoms with E-state index in [1.54, 1.807) is 37.3 Å². The van der Waals surface area contributed by atoms with E-state index < -0.39 is 0 Å². The molecule has 2 aromatic rings. The third kappa shape index (κ3) is 5.69. The van der Waals surface area contributed by atoms with Crippen LogP contribution in [0.4, 0.5) is 0 Å². The molecule has 1 heterocycles. The number of nitrogens with one attached hydrogen (secondary N) is 1. The van der Waals surface area contributed by atoms with Gasteiger partial charge in [0.2, 0.25) is 0 Å². The van der Waals surface area contributed by atoms with E-state index in [-0.39, 0.29) is 24.5 Å². The van der Waals surface area contributed by atoms with Crippen LogP contribution in [0.25, 0.3) is 0 Å². The van der Waals surface area contributed by atoms with Gasteiger partial charge in [0.25, 0.3) is 11.8 Å². The van der Waals surface area contributed by atoms with Crippen LogP contribution in [-0.2, 0) is 4.79 Å². The van der Waals surface area contributed by atoms with Gasteiger partial charge in [-0.25, -0.2) is 0 Å². The molecule has 0 saturated carbocycles. The van der Waals surface area contributed by atoms with E-state index in [9.17, 15) is 9.59 Å². The fourth-order valence-corrected chi connectivity index (χ4v) is 3.59. The van der Waals surface area contributed by atoms with Crippen molar-refractivity contribution < 1.29 is 23.8 Å². The van der Waals surface area contributed by atoms with Gasteiger partial charge in [-0.1, -0.05) is 12.1 Å². The first-order chi connectivity index (χ1) is 14.9. The van der Waals surface area contributed by atoms with Gasteiger partial charge in [0.1, 0.15) is 17.2 Å². The third-order valence-electron chi connectivity index (χ3n) is 5.70. The highest BCUT2D eigenvalue weighted by Crippen LogP contribution is 2.23. The first-order valence-electron chi connectivity index (χ1n) is 10.4. The number of methoxy groups -OCH3 is 2. The molecule has 1 N–H and O–H groups in total. The molecule has 0 aliphatic carbocycles. The Morgan fingerprint density at radius 1 is 1.03 bits per heavy atom. The largest absolute Gasteiger partial charge is 0.497 e. The highest BCUT2D eigenvalue weighted by Gasteiger charge is 2.25. The average Bonchev–Trinajstić information content (AvgIpc) is 2.79. The Morgan fingerprint density at radius 3 is 2.29 bits per heavy atom. The quantitative estimate of drug-likeness (QED) is 0.736. The second kappa shape index (κ2) is 10.2. The van der Waals surface area contributed by atoms with Crippen molar-refractivity contribution in [2.45, 2.75) is 32.7 Å². The number of aryl methyl sites for hydroxylation is 1. The van der Waals surface area contributed by atoms with Gasteiger partial charge >= 0.3 is 0 Å². The minimum Gasteiger partial charge on any atom is -0.497 e. The maximum Gasteiger partial charge on any atom is 0.260 e. The van der Waals surface area contributed by atoms with Gasteiger partial charge in [-0.15, -0.1) is 0 Å². The molecule has 0 unspecified atom stereocenters. The Bertz CT molecular complexity index is 913. The van der Waals surface area contributed by atoms with Crippen LogP contribution in [0.2, 0.25) is 0 Å². The van der Waals surface area contributed by atoms with Crippen molar-refractivity contribution in [2.75, 3.05) is 33.9 Å². The van der Waals surface area contributed by atoms with Gasteiger partial charge in [0.15, 0.2) is 6.61 Å². The molecular weight excluding hydrogens is 396 g/mol. The van der Waals surface area contributed by atoms with Crippen molar-refractivity contribution in [3.05, 3.63) is 53.1 Å².